The van der Waals surface area contributed by atoms with Crippen molar-refractivity contribution in [3.05, 3.63) is 29.3 Å². The fourth-order valence-electron chi connectivity index (χ4n) is 3.37. The van der Waals surface area contributed by atoms with Crippen LogP contribution in [0, 0.1) is 0 Å². The molecular formula is C18H26N2O5S. The van der Waals surface area contributed by atoms with Crippen LogP contribution in [0.1, 0.15) is 55.5 Å². The van der Waals surface area contributed by atoms with Crippen LogP contribution < -0.4 is 9.62 Å². The van der Waals surface area contributed by atoms with Crippen molar-refractivity contribution in [1.29, 1.82) is 0 Å². The molecule has 0 unspecified atom stereocenters. The predicted molar refractivity (Wildman–Crippen MR) is 100.0 cm³/mol. The van der Waals surface area contributed by atoms with E-state index in [1.54, 1.807) is 18.2 Å². The summed E-state index contributed by atoms with van der Waals surface area (Å²) >= 11 is 0. The molecule has 2 rings (SSSR count). The monoisotopic (exact) mass is 382 g/mol. The number of nitrogens with one attached hydrogen (secondary N) is 1. The Labute approximate surface area is 154 Å². The van der Waals surface area contributed by atoms with E-state index in [1.165, 1.54) is 10.6 Å². The number of aliphatic carboxylic acids is 1. The summed E-state index contributed by atoms with van der Waals surface area (Å²) in [7, 11) is -3.36. The van der Waals surface area contributed by atoms with Gasteiger partial charge >= 0.3 is 5.97 Å². The Hall–Kier alpha value is -2.09. The largest absolute Gasteiger partial charge is 0.481 e. The second kappa shape index (κ2) is 7.65. The van der Waals surface area contributed by atoms with E-state index < -0.39 is 21.5 Å². The SMILES string of the molecule is CCC(CC)(CC(=O)O)NC(=O)c1ccc2c(c1)CCCN2S(C)(=O)=O. The fraction of sp³-hybridized carbons (Fsp3) is 0.556. The van der Waals surface area contributed by atoms with E-state index in [4.69, 9.17) is 5.11 Å². The van der Waals surface area contributed by atoms with E-state index >= 15 is 0 Å². The van der Waals surface area contributed by atoms with E-state index in [1.807, 2.05) is 13.8 Å². The zero-order chi connectivity index (χ0) is 19.5. The molecular weight excluding hydrogens is 356 g/mol. The van der Waals surface area contributed by atoms with Crippen molar-refractivity contribution >= 4 is 27.6 Å². The molecule has 0 saturated carbocycles. The first-order valence-corrected chi connectivity index (χ1v) is 10.6. The summed E-state index contributed by atoms with van der Waals surface area (Å²) < 4.78 is 25.2. The Balaban J connectivity index is 2.30. The van der Waals surface area contributed by atoms with E-state index in [2.05, 4.69) is 5.32 Å². The lowest BCUT2D eigenvalue weighted by atomic mass is 9.88. The molecule has 0 aromatic heterocycles. The Kier molecular flexibility index (Phi) is 5.95. The smallest absolute Gasteiger partial charge is 0.305 e. The molecule has 0 atom stereocenters. The number of anilines is 1. The number of fused-ring (bicyclic) bond motifs is 1. The minimum Gasteiger partial charge on any atom is -0.481 e. The average Bonchev–Trinajstić information content (AvgIpc) is 2.58. The van der Waals surface area contributed by atoms with Gasteiger partial charge in [0.1, 0.15) is 0 Å². The topological polar surface area (TPSA) is 104 Å². The molecule has 1 aromatic rings. The number of carboxylic acids is 1. The lowest BCUT2D eigenvalue weighted by Gasteiger charge is -2.32. The molecule has 2 N–H and O–H groups in total. The van der Waals surface area contributed by atoms with Gasteiger partial charge in [0, 0.05) is 12.1 Å². The number of carbonyl (C=O) groups is 2. The highest BCUT2D eigenvalue weighted by Gasteiger charge is 2.32. The first-order chi connectivity index (χ1) is 12.1. The maximum absolute atomic E-state index is 12.7. The lowest BCUT2D eigenvalue weighted by molar-refractivity contribution is -0.138. The van der Waals surface area contributed by atoms with Crippen LogP contribution in [0.4, 0.5) is 5.69 Å². The van der Waals surface area contributed by atoms with Crippen LogP contribution in [-0.2, 0) is 21.2 Å². The molecule has 0 radical (unpaired) electrons. The summed E-state index contributed by atoms with van der Waals surface area (Å²) in [6.45, 7) is 4.14. The highest BCUT2D eigenvalue weighted by atomic mass is 32.2. The van der Waals surface area contributed by atoms with E-state index in [-0.39, 0.29) is 12.3 Å². The molecule has 1 aliphatic rings. The predicted octanol–water partition coefficient (Wildman–Crippen LogP) is 2.16. The third-order valence-electron chi connectivity index (χ3n) is 5.04. The number of nitrogens with zero attached hydrogens (tertiary/aromatic N) is 1. The highest BCUT2D eigenvalue weighted by molar-refractivity contribution is 7.92. The molecule has 144 valence electrons. The number of hydrogen-bond acceptors (Lipinski definition) is 4. The molecule has 0 fully saturated rings. The number of amides is 1. The van der Waals surface area contributed by atoms with Gasteiger partial charge in [0.15, 0.2) is 0 Å². The van der Waals surface area contributed by atoms with Crippen LogP contribution in [0.5, 0.6) is 0 Å². The number of rotatable bonds is 7. The molecule has 0 aliphatic carbocycles. The number of hydrogen-bond donors (Lipinski definition) is 2. The average molecular weight is 382 g/mol. The molecule has 0 spiro atoms. The maximum atomic E-state index is 12.7. The van der Waals surface area contributed by atoms with Crippen LogP contribution >= 0.6 is 0 Å². The van der Waals surface area contributed by atoms with Gasteiger partial charge < -0.3 is 10.4 Å². The van der Waals surface area contributed by atoms with Gasteiger partial charge in [0.25, 0.3) is 5.91 Å². The number of aryl methyl sites for hydroxylation is 1. The maximum Gasteiger partial charge on any atom is 0.305 e. The quantitative estimate of drug-likeness (QED) is 0.752. The molecule has 26 heavy (non-hydrogen) atoms. The summed E-state index contributed by atoms with van der Waals surface area (Å²) in [5.74, 6) is -1.29. The van der Waals surface area contributed by atoms with Gasteiger partial charge in [-0.3, -0.25) is 13.9 Å². The molecule has 8 heteroatoms. The van der Waals surface area contributed by atoms with Gasteiger partial charge in [-0.05, 0) is 49.4 Å². The third-order valence-corrected chi connectivity index (χ3v) is 6.22. The Morgan fingerprint density at radius 3 is 2.46 bits per heavy atom. The van der Waals surface area contributed by atoms with Crippen LogP contribution in [0.2, 0.25) is 0 Å². The lowest BCUT2D eigenvalue weighted by Crippen LogP contribution is -2.49. The third kappa shape index (κ3) is 4.35. The first-order valence-electron chi connectivity index (χ1n) is 8.77. The standard InChI is InChI=1S/C18H26N2O5S/c1-4-18(5-2,12-16(21)22)19-17(23)14-8-9-15-13(11-14)7-6-10-20(15)26(3,24)25/h8-9,11H,4-7,10,12H2,1-3H3,(H,19,23)(H,21,22). The van der Waals surface area contributed by atoms with Gasteiger partial charge in [-0.2, -0.15) is 0 Å². The molecule has 7 nitrogen and oxygen atoms in total. The Morgan fingerprint density at radius 2 is 1.92 bits per heavy atom. The van der Waals surface area contributed by atoms with Gasteiger partial charge in [-0.15, -0.1) is 0 Å². The summed E-state index contributed by atoms with van der Waals surface area (Å²) in [5.41, 5.74) is 1.04. The molecule has 1 aliphatic heterocycles. The van der Waals surface area contributed by atoms with Crippen molar-refractivity contribution in [1.82, 2.24) is 5.32 Å². The van der Waals surface area contributed by atoms with Crippen molar-refractivity contribution in [3.8, 4) is 0 Å². The molecule has 0 saturated heterocycles. The van der Waals surface area contributed by atoms with Crippen LogP contribution in [0.25, 0.3) is 0 Å². The van der Waals surface area contributed by atoms with Crippen molar-refractivity contribution in [2.75, 3.05) is 17.1 Å². The summed E-state index contributed by atoms with van der Waals surface area (Å²) in [4.78, 5) is 23.8. The molecule has 1 aromatic carbocycles. The molecule has 1 amide bonds. The number of benzene rings is 1. The zero-order valence-electron chi connectivity index (χ0n) is 15.4. The van der Waals surface area contributed by atoms with Gasteiger partial charge in [-0.25, -0.2) is 8.42 Å². The van der Waals surface area contributed by atoms with E-state index in [0.717, 1.165) is 5.56 Å². The minimum absolute atomic E-state index is 0.140. The summed E-state index contributed by atoms with van der Waals surface area (Å²) in [5, 5.41) is 12.0. The van der Waals surface area contributed by atoms with Gasteiger partial charge in [-0.1, -0.05) is 13.8 Å². The van der Waals surface area contributed by atoms with Crippen LogP contribution in [-0.4, -0.2) is 43.7 Å². The minimum atomic E-state index is -3.36. The van der Waals surface area contributed by atoms with Crippen molar-refractivity contribution < 1.29 is 23.1 Å². The Morgan fingerprint density at radius 1 is 1.27 bits per heavy atom. The normalized spacial score (nSPS) is 14.7. The highest BCUT2D eigenvalue weighted by Crippen LogP contribution is 2.30. The Bertz CT molecular complexity index is 800. The molecule has 1 heterocycles. The van der Waals surface area contributed by atoms with Crippen molar-refractivity contribution in [2.45, 2.75) is 51.5 Å². The van der Waals surface area contributed by atoms with Gasteiger partial charge in [0.2, 0.25) is 10.0 Å². The van der Waals surface area contributed by atoms with Gasteiger partial charge in [0.05, 0.1) is 23.9 Å². The van der Waals surface area contributed by atoms with Crippen LogP contribution in [0.15, 0.2) is 18.2 Å². The molecule has 0 bridgehead atoms. The summed E-state index contributed by atoms with van der Waals surface area (Å²) in [6, 6.07) is 4.95. The zero-order valence-corrected chi connectivity index (χ0v) is 16.2. The second-order valence-corrected chi connectivity index (χ2v) is 8.70. The first kappa shape index (κ1) is 20.2. The second-order valence-electron chi connectivity index (χ2n) is 6.79. The van der Waals surface area contributed by atoms with Crippen molar-refractivity contribution in [3.63, 3.8) is 0 Å². The number of sulfonamides is 1. The van der Waals surface area contributed by atoms with Crippen molar-refractivity contribution in [2.24, 2.45) is 0 Å². The van der Waals surface area contributed by atoms with Crippen LogP contribution in [0.3, 0.4) is 0 Å². The number of carbonyl (C=O) groups excluding carboxylic acids is 1. The number of carboxylic acid groups (broad SMARTS) is 1. The summed E-state index contributed by atoms with van der Waals surface area (Å²) in [6.07, 6.45) is 3.44. The van der Waals surface area contributed by atoms with E-state index in [9.17, 15) is 18.0 Å². The fourth-order valence-corrected chi connectivity index (χ4v) is 4.37. The van der Waals surface area contributed by atoms with E-state index in [0.29, 0.717) is 43.5 Å².